The molecule has 1 fully saturated rings. The molecule has 1 unspecified atom stereocenters. The highest BCUT2D eigenvalue weighted by molar-refractivity contribution is 5.97. The SMILES string of the molecule is Cc1cc2c(cc1C)C(=O)N(N1CCCC1)C(C)C2. The molecule has 0 bridgehead atoms. The summed E-state index contributed by atoms with van der Waals surface area (Å²) in [5.74, 6) is 0.193. The monoisotopic (exact) mass is 258 g/mol. The van der Waals surface area contributed by atoms with Crippen LogP contribution in [0.25, 0.3) is 0 Å². The minimum atomic E-state index is 0.193. The standard InChI is InChI=1S/C16H22N2O/c1-11-8-14-10-13(3)18(17-6-4-5-7-17)16(19)15(14)9-12(11)2/h8-9,13H,4-7,10H2,1-3H3. The van der Waals surface area contributed by atoms with Gasteiger partial charge in [-0.05, 0) is 62.8 Å². The van der Waals surface area contributed by atoms with Crippen LogP contribution >= 0.6 is 0 Å². The second-order valence-electron chi connectivity index (χ2n) is 5.96. The number of carbonyl (C=O) groups excluding carboxylic acids is 1. The molecule has 0 aliphatic carbocycles. The Morgan fingerprint density at radius 1 is 1.11 bits per heavy atom. The van der Waals surface area contributed by atoms with Crippen LogP contribution in [0.3, 0.4) is 0 Å². The van der Waals surface area contributed by atoms with E-state index in [2.05, 4.69) is 37.9 Å². The predicted octanol–water partition coefficient (Wildman–Crippen LogP) is 2.70. The molecule has 0 N–H and O–H groups in total. The first-order valence-electron chi connectivity index (χ1n) is 7.26. The zero-order valence-corrected chi connectivity index (χ0v) is 12.1. The Bertz CT molecular complexity index is 518. The molecule has 1 saturated heterocycles. The van der Waals surface area contributed by atoms with Crippen LogP contribution in [0.2, 0.25) is 0 Å². The predicted molar refractivity (Wildman–Crippen MR) is 76.1 cm³/mol. The van der Waals surface area contributed by atoms with Gasteiger partial charge in [-0.25, -0.2) is 5.01 Å². The van der Waals surface area contributed by atoms with Crippen LogP contribution in [-0.2, 0) is 6.42 Å². The second-order valence-corrected chi connectivity index (χ2v) is 5.96. The fourth-order valence-corrected chi connectivity index (χ4v) is 3.30. The zero-order valence-electron chi connectivity index (χ0n) is 12.1. The maximum Gasteiger partial charge on any atom is 0.268 e. The first kappa shape index (κ1) is 12.7. The van der Waals surface area contributed by atoms with E-state index in [0.29, 0.717) is 0 Å². The van der Waals surface area contributed by atoms with Crippen LogP contribution < -0.4 is 0 Å². The maximum absolute atomic E-state index is 12.8. The van der Waals surface area contributed by atoms with Crippen LogP contribution in [0.4, 0.5) is 0 Å². The molecule has 2 aliphatic heterocycles. The molecule has 102 valence electrons. The summed E-state index contributed by atoms with van der Waals surface area (Å²) in [6.45, 7) is 8.42. The number of hydrogen-bond donors (Lipinski definition) is 0. The van der Waals surface area contributed by atoms with Crippen LogP contribution in [-0.4, -0.2) is 35.1 Å². The van der Waals surface area contributed by atoms with E-state index in [1.54, 1.807) is 0 Å². The lowest BCUT2D eigenvalue weighted by atomic mass is 9.91. The molecule has 0 spiro atoms. The van der Waals surface area contributed by atoms with Gasteiger partial charge >= 0.3 is 0 Å². The van der Waals surface area contributed by atoms with Gasteiger partial charge in [0.25, 0.3) is 5.91 Å². The summed E-state index contributed by atoms with van der Waals surface area (Å²) in [5.41, 5.74) is 4.63. The lowest BCUT2D eigenvalue weighted by Crippen LogP contribution is -2.53. The average molecular weight is 258 g/mol. The average Bonchev–Trinajstić information content (AvgIpc) is 2.86. The molecule has 1 amide bonds. The summed E-state index contributed by atoms with van der Waals surface area (Å²) in [7, 11) is 0. The molecular formula is C16H22N2O. The Balaban J connectivity index is 1.99. The fraction of sp³-hybridized carbons (Fsp3) is 0.562. The van der Waals surface area contributed by atoms with Crippen LogP contribution in [0, 0.1) is 13.8 Å². The Kier molecular flexibility index (Phi) is 3.09. The van der Waals surface area contributed by atoms with E-state index in [-0.39, 0.29) is 11.9 Å². The first-order valence-corrected chi connectivity index (χ1v) is 7.26. The van der Waals surface area contributed by atoms with Crippen LogP contribution in [0.1, 0.15) is 46.8 Å². The van der Waals surface area contributed by atoms with Gasteiger partial charge in [0.1, 0.15) is 0 Å². The second kappa shape index (κ2) is 4.64. The van der Waals surface area contributed by atoms with E-state index in [0.717, 1.165) is 25.1 Å². The minimum absolute atomic E-state index is 0.193. The minimum Gasteiger partial charge on any atom is -0.268 e. The van der Waals surface area contributed by atoms with Crippen molar-refractivity contribution in [1.82, 2.24) is 10.0 Å². The number of carbonyl (C=O) groups is 1. The molecule has 3 rings (SSSR count). The van der Waals surface area contributed by atoms with Crippen molar-refractivity contribution in [3.63, 3.8) is 0 Å². The Morgan fingerprint density at radius 2 is 1.74 bits per heavy atom. The molecule has 0 aromatic heterocycles. The van der Waals surface area contributed by atoms with Gasteiger partial charge in [0.15, 0.2) is 0 Å². The number of benzene rings is 1. The molecule has 3 nitrogen and oxygen atoms in total. The summed E-state index contributed by atoms with van der Waals surface area (Å²) in [5, 5.41) is 4.25. The van der Waals surface area contributed by atoms with E-state index in [4.69, 9.17) is 0 Å². The third kappa shape index (κ3) is 2.06. The van der Waals surface area contributed by atoms with Crippen molar-refractivity contribution in [2.24, 2.45) is 0 Å². The van der Waals surface area contributed by atoms with Gasteiger partial charge in [0, 0.05) is 18.7 Å². The molecule has 2 aliphatic rings. The number of aryl methyl sites for hydroxylation is 2. The Hall–Kier alpha value is -1.35. The lowest BCUT2D eigenvalue weighted by molar-refractivity contribution is -0.0214. The molecule has 1 atom stereocenters. The van der Waals surface area contributed by atoms with Crippen molar-refractivity contribution in [2.45, 2.75) is 46.1 Å². The van der Waals surface area contributed by atoms with Crippen molar-refractivity contribution in [1.29, 1.82) is 0 Å². The van der Waals surface area contributed by atoms with E-state index >= 15 is 0 Å². The number of amides is 1. The third-order valence-corrected chi connectivity index (χ3v) is 4.48. The van der Waals surface area contributed by atoms with Crippen molar-refractivity contribution >= 4 is 5.91 Å². The quantitative estimate of drug-likeness (QED) is 0.773. The fourth-order valence-electron chi connectivity index (χ4n) is 3.30. The smallest absolute Gasteiger partial charge is 0.268 e. The molecule has 0 radical (unpaired) electrons. The first-order chi connectivity index (χ1) is 9.08. The molecule has 1 aromatic rings. The zero-order chi connectivity index (χ0) is 13.6. The van der Waals surface area contributed by atoms with Gasteiger partial charge < -0.3 is 0 Å². The van der Waals surface area contributed by atoms with E-state index in [1.807, 2.05) is 5.01 Å². The lowest BCUT2D eigenvalue weighted by Gasteiger charge is -2.40. The van der Waals surface area contributed by atoms with Gasteiger partial charge in [-0.1, -0.05) is 6.07 Å². The topological polar surface area (TPSA) is 23.6 Å². The number of rotatable bonds is 1. The summed E-state index contributed by atoms with van der Waals surface area (Å²) in [6.07, 6.45) is 3.38. The molecular weight excluding hydrogens is 236 g/mol. The Morgan fingerprint density at radius 3 is 2.42 bits per heavy atom. The summed E-state index contributed by atoms with van der Waals surface area (Å²) in [6, 6.07) is 4.54. The van der Waals surface area contributed by atoms with Crippen molar-refractivity contribution in [3.8, 4) is 0 Å². The summed E-state index contributed by atoms with van der Waals surface area (Å²) < 4.78 is 0. The molecule has 19 heavy (non-hydrogen) atoms. The highest BCUT2D eigenvalue weighted by Crippen LogP contribution is 2.28. The van der Waals surface area contributed by atoms with Crippen LogP contribution in [0.15, 0.2) is 12.1 Å². The number of hydrazine groups is 1. The van der Waals surface area contributed by atoms with Crippen LogP contribution in [0.5, 0.6) is 0 Å². The van der Waals surface area contributed by atoms with Gasteiger partial charge in [-0.3, -0.25) is 9.80 Å². The maximum atomic E-state index is 12.8. The number of fused-ring (bicyclic) bond motifs is 1. The molecule has 3 heteroatoms. The molecule has 2 heterocycles. The highest BCUT2D eigenvalue weighted by Gasteiger charge is 2.34. The van der Waals surface area contributed by atoms with E-state index < -0.39 is 0 Å². The van der Waals surface area contributed by atoms with E-state index in [9.17, 15) is 4.79 Å². The summed E-state index contributed by atoms with van der Waals surface area (Å²) >= 11 is 0. The normalized spacial score (nSPS) is 23.8. The number of nitrogens with zero attached hydrogens (tertiary/aromatic N) is 2. The largest absolute Gasteiger partial charge is 0.268 e. The molecule has 1 aromatic carbocycles. The van der Waals surface area contributed by atoms with Crippen molar-refractivity contribution < 1.29 is 4.79 Å². The van der Waals surface area contributed by atoms with E-state index in [1.165, 1.54) is 29.5 Å². The van der Waals surface area contributed by atoms with Gasteiger partial charge in [-0.2, -0.15) is 0 Å². The number of hydrogen-bond acceptors (Lipinski definition) is 2. The van der Waals surface area contributed by atoms with Gasteiger partial charge in [-0.15, -0.1) is 0 Å². The van der Waals surface area contributed by atoms with Gasteiger partial charge in [0.2, 0.25) is 0 Å². The van der Waals surface area contributed by atoms with Gasteiger partial charge in [0.05, 0.1) is 6.04 Å². The third-order valence-electron chi connectivity index (χ3n) is 4.48. The summed E-state index contributed by atoms with van der Waals surface area (Å²) in [4.78, 5) is 12.8. The Labute approximate surface area is 115 Å². The highest BCUT2D eigenvalue weighted by atomic mass is 16.2. The molecule has 0 saturated carbocycles. The van der Waals surface area contributed by atoms with Crippen molar-refractivity contribution in [3.05, 3.63) is 34.4 Å². The van der Waals surface area contributed by atoms with Crippen molar-refractivity contribution in [2.75, 3.05) is 13.1 Å².